The number of hydrogen-bond acceptors (Lipinski definition) is 8. The molecule has 0 aliphatic heterocycles. The molecule has 0 spiro atoms. The van der Waals surface area contributed by atoms with Crippen LogP contribution in [0.3, 0.4) is 0 Å². The molecule has 2 rings (SSSR count). The maximum atomic E-state index is 13.3. The van der Waals surface area contributed by atoms with Crippen molar-refractivity contribution in [1.29, 1.82) is 0 Å². The third-order valence-corrected chi connectivity index (χ3v) is 5.81. The zero-order valence-corrected chi connectivity index (χ0v) is 24.0. The first-order valence-electron chi connectivity index (χ1n) is 13.5. The Morgan fingerprint density at radius 3 is 2.07 bits per heavy atom. The number of anilines is 1. The summed E-state index contributed by atoms with van der Waals surface area (Å²) in [6.07, 6.45) is 0.614. The normalized spacial score (nSPS) is 13.0. The molecule has 0 aliphatic carbocycles. The average molecular weight is 574 g/mol. The molecule has 0 fully saturated rings. The second-order valence-corrected chi connectivity index (χ2v) is 10.3. The summed E-state index contributed by atoms with van der Waals surface area (Å²) in [4.78, 5) is 44.2. The number of aliphatic hydroxyl groups excluding tert-OH is 2. The van der Waals surface area contributed by atoms with Crippen molar-refractivity contribution in [2.24, 2.45) is 10.9 Å². The molecule has 11 heteroatoms. The van der Waals surface area contributed by atoms with Gasteiger partial charge in [0.25, 0.3) is 5.91 Å². The van der Waals surface area contributed by atoms with Crippen molar-refractivity contribution in [3.05, 3.63) is 65.5 Å². The Labute approximate surface area is 240 Å². The van der Waals surface area contributed by atoms with E-state index in [1.807, 2.05) is 4.90 Å². The fourth-order valence-corrected chi connectivity index (χ4v) is 3.91. The van der Waals surface area contributed by atoms with E-state index in [1.54, 1.807) is 52.0 Å². The number of esters is 1. The predicted octanol–water partition coefficient (Wildman–Crippen LogP) is 3.07. The second kappa shape index (κ2) is 16.4. The minimum absolute atomic E-state index is 0.0793. The molecule has 10 nitrogen and oxygen atoms in total. The van der Waals surface area contributed by atoms with E-state index in [9.17, 15) is 29.0 Å². The number of aliphatic hydroxyl groups is 2. The van der Waals surface area contributed by atoms with E-state index in [0.717, 1.165) is 5.69 Å². The zero-order valence-electron chi connectivity index (χ0n) is 24.0. The van der Waals surface area contributed by atoms with Gasteiger partial charge in [0.1, 0.15) is 17.5 Å². The van der Waals surface area contributed by atoms with Crippen LogP contribution < -0.4 is 10.2 Å². The molecule has 1 unspecified atom stereocenters. The zero-order chi connectivity index (χ0) is 30.4. The van der Waals surface area contributed by atoms with Gasteiger partial charge in [0, 0.05) is 31.4 Å². The van der Waals surface area contributed by atoms with Crippen molar-refractivity contribution in [2.75, 3.05) is 37.8 Å². The standard InChI is InChI=1S/C30H40FN3O7/c1-5-40-28(38)23(18-21-6-10-24(31)11-7-21)20-32-27(37)26(33-29(39)41-30(2,3)4)19-22-8-12-25(13-9-22)34(14-16-35)15-17-36/h6-13,20,23,26,35-36H,5,14-19H2,1-4H3,(H,33,39)/t23?,26-/m0/s1. The number of rotatable bonds is 14. The predicted molar refractivity (Wildman–Crippen MR) is 153 cm³/mol. The van der Waals surface area contributed by atoms with Gasteiger partial charge in [-0.2, -0.15) is 0 Å². The number of alkyl carbamates (subject to hydrolysis) is 1. The molecule has 2 aromatic rings. The number of amides is 2. The van der Waals surface area contributed by atoms with Crippen molar-refractivity contribution in [2.45, 2.75) is 52.2 Å². The second-order valence-electron chi connectivity index (χ2n) is 10.3. The molecule has 3 N–H and O–H groups in total. The van der Waals surface area contributed by atoms with Gasteiger partial charge in [0.2, 0.25) is 0 Å². The largest absolute Gasteiger partial charge is 0.465 e. The topological polar surface area (TPSA) is 138 Å². The minimum atomic E-state index is -1.10. The third kappa shape index (κ3) is 12.1. The maximum Gasteiger partial charge on any atom is 0.408 e. The highest BCUT2D eigenvalue weighted by Gasteiger charge is 2.26. The highest BCUT2D eigenvalue weighted by molar-refractivity contribution is 5.97. The average Bonchev–Trinajstić information content (AvgIpc) is 2.91. The van der Waals surface area contributed by atoms with Gasteiger partial charge in [-0.25, -0.2) is 14.2 Å². The number of aliphatic imine (C=N–C) groups is 1. The summed E-state index contributed by atoms with van der Waals surface area (Å²) in [5, 5.41) is 21.2. The summed E-state index contributed by atoms with van der Waals surface area (Å²) in [6, 6.07) is 11.6. The highest BCUT2D eigenvalue weighted by Crippen LogP contribution is 2.17. The Balaban J connectivity index is 2.27. The molecule has 0 aromatic heterocycles. The molecule has 41 heavy (non-hydrogen) atoms. The van der Waals surface area contributed by atoms with Crippen LogP contribution in [0, 0.1) is 11.7 Å². The molecule has 2 aromatic carbocycles. The fraction of sp³-hybridized carbons (Fsp3) is 0.467. The highest BCUT2D eigenvalue weighted by atomic mass is 19.1. The number of benzene rings is 2. The van der Waals surface area contributed by atoms with E-state index in [-0.39, 0.29) is 32.7 Å². The first-order chi connectivity index (χ1) is 19.4. The van der Waals surface area contributed by atoms with Crippen molar-refractivity contribution in [3.8, 4) is 0 Å². The van der Waals surface area contributed by atoms with Gasteiger partial charge < -0.3 is 29.9 Å². The number of hydrogen-bond donors (Lipinski definition) is 3. The SMILES string of the molecule is CCOC(=O)C(C=NC(=O)[C@H](Cc1ccc(N(CCO)CCO)cc1)NC(=O)OC(C)(C)C)Cc1ccc(F)cc1. The lowest BCUT2D eigenvalue weighted by atomic mass is 10.00. The van der Waals surface area contributed by atoms with Gasteiger partial charge in [-0.3, -0.25) is 9.59 Å². The summed E-state index contributed by atoms with van der Waals surface area (Å²) in [5.41, 5.74) is 1.34. The molecule has 0 saturated heterocycles. The lowest BCUT2D eigenvalue weighted by Gasteiger charge is -2.24. The minimum Gasteiger partial charge on any atom is -0.465 e. The molecule has 0 heterocycles. The Bertz CT molecular complexity index is 1140. The Morgan fingerprint density at radius 1 is 0.976 bits per heavy atom. The summed E-state index contributed by atoms with van der Waals surface area (Å²) in [5.74, 6) is -2.61. The lowest BCUT2D eigenvalue weighted by Crippen LogP contribution is -2.44. The van der Waals surface area contributed by atoms with Gasteiger partial charge in [-0.1, -0.05) is 24.3 Å². The van der Waals surface area contributed by atoms with Crippen LogP contribution in [0.2, 0.25) is 0 Å². The quantitative estimate of drug-likeness (QED) is 0.232. The van der Waals surface area contributed by atoms with Gasteiger partial charge in [0.05, 0.1) is 25.7 Å². The van der Waals surface area contributed by atoms with Crippen LogP contribution in [0.5, 0.6) is 0 Å². The van der Waals surface area contributed by atoms with Crippen LogP contribution in [-0.2, 0) is 31.9 Å². The van der Waals surface area contributed by atoms with E-state index in [0.29, 0.717) is 24.2 Å². The van der Waals surface area contributed by atoms with Crippen molar-refractivity contribution >= 4 is 29.9 Å². The monoisotopic (exact) mass is 573 g/mol. The number of nitrogens with one attached hydrogen (secondary N) is 1. The fourth-order valence-electron chi connectivity index (χ4n) is 3.91. The van der Waals surface area contributed by atoms with Crippen LogP contribution in [0.4, 0.5) is 14.9 Å². The van der Waals surface area contributed by atoms with Crippen LogP contribution >= 0.6 is 0 Å². The number of carbonyl (C=O) groups is 3. The first kappa shape index (κ1) is 33.4. The van der Waals surface area contributed by atoms with Gasteiger partial charge >= 0.3 is 12.1 Å². The molecule has 0 saturated carbocycles. The maximum absolute atomic E-state index is 13.3. The Hall–Kier alpha value is -3.83. The van der Waals surface area contributed by atoms with E-state index in [2.05, 4.69) is 10.3 Å². The Morgan fingerprint density at radius 2 is 1.54 bits per heavy atom. The molecular weight excluding hydrogens is 533 g/mol. The van der Waals surface area contributed by atoms with Gasteiger partial charge in [-0.05, 0) is 69.5 Å². The first-order valence-corrected chi connectivity index (χ1v) is 13.5. The summed E-state index contributed by atoms with van der Waals surface area (Å²) < 4.78 is 23.8. The molecular formula is C30H40FN3O7. The van der Waals surface area contributed by atoms with Crippen molar-refractivity contribution < 1.29 is 38.5 Å². The third-order valence-electron chi connectivity index (χ3n) is 5.81. The van der Waals surface area contributed by atoms with E-state index < -0.39 is 41.3 Å². The smallest absolute Gasteiger partial charge is 0.408 e. The molecule has 2 atom stereocenters. The number of ether oxygens (including phenoxy) is 2. The van der Waals surface area contributed by atoms with E-state index in [4.69, 9.17) is 9.47 Å². The van der Waals surface area contributed by atoms with E-state index >= 15 is 0 Å². The van der Waals surface area contributed by atoms with E-state index in [1.165, 1.54) is 30.5 Å². The summed E-state index contributed by atoms with van der Waals surface area (Å²) >= 11 is 0. The van der Waals surface area contributed by atoms with Crippen LogP contribution in [-0.4, -0.2) is 79.0 Å². The number of nitrogens with zero attached hydrogens (tertiary/aromatic N) is 2. The van der Waals surface area contributed by atoms with Crippen LogP contribution in [0.25, 0.3) is 0 Å². The lowest BCUT2D eigenvalue weighted by molar-refractivity contribution is -0.145. The van der Waals surface area contributed by atoms with Crippen LogP contribution in [0.1, 0.15) is 38.8 Å². The number of carbonyl (C=O) groups excluding carboxylic acids is 3. The molecule has 0 aliphatic rings. The van der Waals surface area contributed by atoms with Gasteiger partial charge in [0.15, 0.2) is 0 Å². The van der Waals surface area contributed by atoms with Crippen LogP contribution in [0.15, 0.2) is 53.5 Å². The molecule has 224 valence electrons. The van der Waals surface area contributed by atoms with Crippen molar-refractivity contribution in [3.63, 3.8) is 0 Å². The summed E-state index contributed by atoms with van der Waals surface area (Å²) in [7, 11) is 0. The van der Waals surface area contributed by atoms with Gasteiger partial charge in [-0.15, -0.1) is 0 Å². The molecule has 0 bridgehead atoms. The summed E-state index contributed by atoms with van der Waals surface area (Å²) in [6.45, 7) is 7.42. The van der Waals surface area contributed by atoms with Crippen molar-refractivity contribution in [1.82, 2.24) is 5.32 Å². The molecule has 0 radical (unpaired) electrons. The number of halogens is 1. The molecule has 2 amide bonds. The Kier molecular flexibility index (Phi) is 13.4.